The number of hydrogen-bond donors (Lipinski definition) is 2. The molecule has 1 aliphatic rings. The lowest BCUT2D eigenvalue weighted by Gasteiger charge is -2.23. The van der Waals surface area contributed by atoms with Crippen molar-refractivity contribution in [3.63, 3.8) is 0 Å². The van der Waals surface area contributed by atoms with Gasteiger partial charge in [-0.25, -0.2) is 4.79 Å². The van der Waals surface area contributed by atoms with E-state index in [1.807, 2.05) is 12.1 Å². The highest BCUT2D eigenvalue weighted by Crippen LogP contribution is 2.21. The second-order valence-corrected chi connectivity index (χ2v) is 5.02. The normalized spacial score (nSPS) is 21.3. The van der Waals surface area contributed by atoms with Gasteiger partial charge in [0, 0.05) is 24.6 Å². The van der Waals surface area contributed by atoms with Gasteiger partial charge in [-0.1, -0.05) is 18.2 Å². The molecule has 1 saturated heterocycles. The van der Waals surface area contributed by atoms with Crippen LogP contribution in [-0.2, 0) is 9.53 Å². The molecule has 2 heterocycles. The Hall–Kier alpha value is -2.47. The Morgan fingerprint density at radius 3 is 2.81 bits per heavy atom. The fourth-order valence-electron chi connectivity index (χ4n) is 2.46. The summed E-state index contributed by atoms with van der Waals surface area (Å²) in [5, 5.41) is 12.8. The molecule has 21 heavy (non-hydrogen) atoms. The Kier molecular flexibility index (Phi) is 3.31. The molecule has 0 radical (unpaired) electrons. The fourth-order valence-corrected chi connectivity index (χ4v) is 2.46. The lowest BCUT2D eigenvalue weighted by Crippen LogP contribution is -2.55. The molecule has 0 bridgehead atoms. The Balaban J connectivity index is 1.96. The number of rotatable bonds is 3. The molecule has 1 amide bonds. The summed E-state index contributed by atoms with van der Waals surface area (Å²) in [4.78, 5) is 28.1. The predicted molar refractivity (Wildman–Crippen MR) is 75.0 cm³/mol. The third kappa shape index (κ3) is 2.34. The Morgan fingerprint density at radius 2 is 2.10 bits per heavy atom. The van der Waals surface area contributed by atoms with Gasteiger partial charge in [-0.3, -0.25) is 9.78 Å². The van der Waals surface area contributed by atoms with E-state index in [1.165, 1.54) is 0 Å². The van der Waals surface area contributed by atoms with Gasteiger partial charge < -0.3 is 15.2 Å². The molecule has 6 nitrogen and oxygen atoms in total. The van der Waals surface area contributed by atoms with Crippen molar-refractivity contribution in [2.75, 3.05) is 13.2 Å². The molecule has 0 spiro atoms. The molecule has 6 heteroatoms. The Labute approximate surface area is 120 Å². The molecule has 1 atom stereocenters. The molecular weight excluding hydrogens is 272 g/mol. The molecule has 1 aromatic carbocycles. The molecule has 1 aliphatic heterocycles. The van der Waals surface area contributed by atoms with Crippen LogP contribution in [0, 0.1) is 0 Å². The van der Waals surface area contributed by atoms with Gasteiger partial charge in [0.15, 0.2) is 5.54 Å². The largest absolute Gasteiger partial charge is 0.479 e. The zero-order valence-electron chi connectivity index (χ0n) is 11.2. The molecule has 108 valence electrons. The van der Waals surface area contributed by atoms with Crippen LogP contribution in [0.5, 0.6) is 0 Å². The van der Waals surface area contributed by atoms with Gasteiger partial charge >= 0.3 is 5.97 Å². The zero-order valence-corrected chi connectivity index (χ0v) is 11.2. The highest BCUT2D eigenvalue weighted by atomic mass is 16.5. The fraction of sp³-hybridized carbons (Fsp3) is 0.267. The number of para-hydroxylation sites is 1. The van der Waals surface area contributed by atoms with Crippen LogP contribution >= 0.6 is 0 Å². The first kappa shape index (κ1) is 13.5. The number of nitrogens with zero attached hydrogens (tertiary/aromatic N) is 1. The van der Waals surface area contributed by atoms with Crippen LogP contribution in [0.15, 0.2) is 36.5 Å². The van der Waals surface area contributed by atoms with Crippen LogP contribution in [0.2, 0.25) is 0 Å². The SMILES string of the molecule is O=C(NC1(C(=O)O)CCOC1)c1cccc2cccnc12. The lowest BCUT2D eigenvalue weighted by atomic mass is 9.98. The van der Waals surface area contributed by atoms with Gasteiger partial charge in [-0.15, -0.1) is 0 Å². The summed E-state index contributed by atoms with van der Waals surface area (Å²) in [6.07, 6.45) is 1.86. The number of carbonyl (C=O) groups is 2. The molecule has 1 fully saturated rings. The first-order chi connectivity index (χ1) is 10.1. The predicted octanol–water partition coefficient (Wildman–Crippen LogP) is 1.21. The standard InChI is InChI=1S/C15H14N2O4/c18-13(17-15(14(19)20)6-8-21-9-15)11-5-1-3-10-4-2-7-16-12(10)11/h1-5,7H,6,8-9H2,(H,17,18)(H,19,20). The quantitative estimate of drug-likeness (QED) is 0.885. The van der Waals surface area contributed by atoms with E-state index in [2.05, 4.69) is 10.3 Å². The Bertz CT molecular complexity index is 702. The minimum atomic E-state index is -1.35. The van der Waals surface area contributed by atoms with Crippen molar-refractivity contribution in [3.05, 3.63) is 42.1 Å². The summed E-state index contributed by atoms with van der Waals surface area (Å²) >= 11 is 0. The van der Waals surface area contributed by atoms with Gasteiger partial charge in [0.1, 0.15) is 0 Å². The number of benzene rings is 1. The van der Waals surface area contributed by atoms with Crippen molar-refractivity contribution >= 4 is 22.8 Å². The smallest absolute Gasteiger partial charge is 0.331 e. The summed E-state index contributed by atoms with van der Waals surface area (Å²) in [6, 6.07) is 8.87. The van der Waals surface area contributed by atoms with Gasteiger partial charge in [-0.2, -0.15) is 0 Å². The maximum absolute atomic E-state index is 12.5. The third-order valence-electron chi connectivity index (χ3n) is 3.66. The molecule has 3 rings (SSSR count). The second-order valence-electron chi connectivity index (χ2n) is 5.02. The highest BCUT2D eigenvalue weighted by Gasteiger charge is 2.44. The number of carboxylic acid groups (broad SMARTS) is 1. The maximum Gasteiger partial charge on any atom is 0.331 e. The summed E-state index contributed by atoms with van der Waals surface area (Å²) in [7, 11) is 0. The van der Waals surface area contributed by atoms with E-state index in [9.17, 15) is 14.7 Å². The van der Waals surface area contributed by atoms with Crippen molar-refractivity contribution in [2.24, 2.45) is 0 Å². The summed E-state index contributed by atoms with van der Waals surface area (Å²) in [5.74, 6) is -1.53. The van der Waals surface area contributed by atoms with Gasteiger partial charge in [0.2, 0.25) is 0 Å². The lowest BCUT2D eigenvalue weighted by molar-refractivity contribution is -0.144. The van der Waals surface area contributed by atoms with Crippen molar-refractivity contribution in [1.82, 2.24) is 10.3 Å². The first-order valence-corrected chi connectivity index (χ1v) is 6.60. The summed E-state index contributed by atoms with van der Waals surface area (Å²) < 4.78 is 5.13. The molecule has 0 saturated carbocycles. The average Bonchev–Trinajstić information content (AvgIpc) is 2.96. The number of hydrogen-bond acceptors (Lipinski definition) is 4. The van der Waals surface area contributed by atoms with Gasteiger partial charge in [-0.05, 0) is 12.1 Å². The number of aliphatic carboxylic acids is 1. The number of amides is 1. The minimum absolute atomic E-state index is 0.0216. The van der Waals surface area contributed by atoms with Gasteiger partial charge in [0.25, 0.3) is 5.91 Å². The van der Waals surface area contributed by atoms with E-state index in [0.29, 0.717) is 17.7 Å². The first-order valence-electron chi connectivity index (χ1n) is 6.60. The van der Waals surface area contributed by atoms with Crippen LogP contribution in [0.3, 0.4) is 0 Å². The summed E-state index contributed by atoms with van der Waals surface area (Å²) in [5.41, 5.74) is -0.439. The number of carboxylic acids is 1. The zero-order chi connectivity index (χ0) is 14.9. The van der Waals surface area contributed by atoms with Crippen molar-refractivity contribution < 1.29 is 19.4 Å². The summed E-state index contributed by atoms with van der Waals surface area (Å²) in [6.45, 7) is 0.298. The van der Waals surface area contributed by atoms with Crippen LogP contribution < -0.4 is 5.32 Å². The number of carbonyl (C=O) groups excluding carboxylic acids is 1. The van der Waals surface area contributed by atoms with Crippen LogP contribution in [-0.4, -0.2) is 40.7 Å². The van der Waals surface area contributed by atoms with Crippen LogP contribution in [0.25, 0.3) is 10.9 Å². The maximum atomic E-state index is 12.5. The Morgan fingerprint density at radius 1 is 1.29 bits per heavy atom. The second kappa shape index (κ2) is 5.14. The number of pyridine rings is 1. The van der Waals surface area contributed by atoms with Crippen LogP contribution in [0.1, 0.15) is 16.8 Å². The van der Waals surface area contributed by atoms with E-state index in [0.717, 1.165) is 5.39 Å². The van der Waals surface area contributed by atoms with E-state index in [4.69, 9.17) is 4.74 Å². The van der Waals surface area contributed by atoms with E-state index >= 15 is 0 Å². The van der Waals surface area contributed by atoms with Crippen LogP contribution in [0.4, 0.5) is 0 Å². The molecular formula is C15H14N2O4. The van der Waals surface area contributed by atoms with Gasteiger partial charge in [0.05, 0.1) is 17.7 Å². The number of fused-ring (bicyclic) bond motifs is 1. The average molecular weight is 286 g/mol. The molecule has 1 aromatic heterocycles. The van der Waals surface area contributed by atoms with Crippen molar-refractivity contribution in [1.29, 1.82) is 0 Å². The molecule has 0 aliphatic carbocycles. The van der Waals surface area contributed by atoms with Crippen molar-refractivity contribution in [2.45, 2.75) is 12.0 Å². The van der Waals surface area contributed by atoms with E-state index < -0.39 is 17.4 Å². The third-order valence-corrected chi connectivity index (χ3v) is 3.66. The number of aromatic nitrogens is 1. The number of nitrogens with one attached hydrogen (secondary N) is 1. The number of ether oxygens (including phenoxy) is 1. The van der Waals surface area contributed by atoms with Crippen molar-refractivity contribution in [3.8, 4) is 0 Å². The minimum Gasteiger partial charge on any atom is -0.479 e. The van der Waals surface area contributed by atoms with E-state index in [-0.39, 0.29) is 13.0 Å². The molecule has 2 N–H and O–H groups in total. The molecule has 1 unspecified atom stereocenters. The topological polar surface area (TPSA) is 88.5 Å². The monoisotopic (exact) mass is 286 g/mol. The molecule has 2 aromatic rings. The van der Waals surface area contributed by atoms with E-state index in [1.54, 1.807) is 24.4 Å². The highest BCUT2D eigenvalue weighted by molar-refractivity contribution is 6.07.